The highest BCUT2D eigenvalue weighted by atomic mass is 16.5. The third kappa shape index (κ3) is 3.48. The second-order valence-electron chi connectivity index (χ2n) is 6.15. The highest BCUT2D eigenvalue weighted by Gasteiger charge is 2.39. The minimum absolute atomic E-state index is 0.171. The second-order valence-corrected chi connectivity index (χ2v) is 6.15. The third-order valence-corrected chi connectivity index (χ3v) is 4.74. The van der Waals surface area contributed by atoms with Gasteiger partial charge < -0.3 is 15.4 Å². The molecule has 1 amide bonds. The lowest BCUT2D eigenvalue weighted by atomic mass is 9.76. The molecule has 4 heteroatoms. The van der Waals surface area contributed by atoms with Gasteiger partial charge in [-0.3, -0.25) is 4.79 Å². The summed E-state index contributed by atoms with van der Waals surface area (Å²) in [7, 11) is 0. The molecule has 2 N–H and O–H groups in total. The van der Waals surface area contributed by atoms with Gasteiger partial charge >= 0.3 is 0 Å². The summed E-state index contributed by atoms with van der Waals surface area (Å²) in [4.78, 5) is 12.6. The molecule has 2 aliphatic rings. The van der Waals surface area contributed by atoms with Crippen LogP contribution in [0.15, 0.2) is 0 Å². The van der Waals surface area contributed by atoms with Crippen LogP contribution >= 0.6 is 0 Å². The molecule has 0 aromatic rings. The summed E-state index contributed by atoms with van der Waals surface area (Å²) in [5.74, 6) is 0.736. The summed E-state index contributed by atoms with van der Waals surface area (Å²) >= 11 is 0. The lowest BCUT2D eigenvalue weighted by molar-refractivity contribution is -0.132. The van der Waals surface area contributed by atoms with Crippen molar-refractivity contribution in [2.75, 3.05) is 26.2 Å². The summed E-state index contributed by atoms with van der Waals surface area (Å²) in [5.41, 5.74) is -0.171. The normalized spacial score (nSPS) is 35.3. The molecule has 0 aliphatic carbocycles. The van der Waals surface area contributed by atoms with Crippen LogP contribution < -0.4 is 10.6 Å². The molecule has 0 saturated carbocycles. The van der Waals surface area contributed by atoms with Gasteiger partial charge in [0.05, 0.1) is 11.5 Å². The molecule has 0 aromatic heterocycles. The minimum Gasteiger partial charge on any atom is -0.378 e. The van der Waals surface area contributed by atoms with Crippen LogP contribution in [0.2, 0.25) is 0 Å². The number of carbonyl (C=O) groups excluding carboxylic acids is 1. The van der Waals surface area contributed by atoms with E-state index >= 15 is 0 Å². The van der Waals surface area contributed by atoms with Crippen molar-refractivity contribution in [3.63, 3.8) is 0 Å². The van der Waals surface area contributed by atoms with E-state index in [9.17, 15) is 4.79 Å². The summed E-state index contributed by atoms with van der Waals surface area (Å²) in [6, 6.07) is 0. The van der Waals surface area contributed by atoms with Gasteiger partial charge in [0, 0.05) is 25.6 Å². The maximum Gasteiger partial charge on any atom is 0.227 e. The van der Waals surface area contributed by atoms with Gasteiger partial charge in [-0.1, -0.05) is 13.3 Å². The Morgan fingerprint density at radius 1 is 1.53 bits per heavy atom. The maximum atomic E-state index is 12.6. The molecule has 2 heterocycles. The van der Waals surface area contributed by atoms with Crippen LogP contribution in [0.1, 0.15) is 46.0 Å². The van der Waals surface area contributed by atoms with E-state index < -0.39 is 0 Å². The molecule has 0 spiro atoms. The van der Waals surface area contributed by atoms with E-state index in [0.717, 1.165) is 58.3 Å². The summed E-state index contributed by atoms with van der Waals surface area (Å²) < 4.78 is 5.55. The van der Waals surface area contributed by atoms with Crippen molar-refractivity contribution < 1.29 is 9.53 Å². The van der Waals surface area contributed by atoms with E-state index in [4.69, 9.17) is 4.74 Å². The van der Waals surface area contributed by atoms with E-state index in [0.29, 0.717) is 5.92 Å². The zero-order valence-electron chi connectivity index (χ0n) is 12.3. The zero-order chi connectivity index (χ0) is 13.7. The molecule has 2 aliphatic heterocycles. The molecule has 2 saturated heterocycles. The topological polar surface area (TPSA) is 50.4 Å². The largest absolute Gasteiger partial charge is 0.378 e. The smallest absolute Gasteiger partial charge is 0.227 e. The standard InChI is InChI=1S/C15H28N2O2/c1-3-6-15(7-4-8-16-11-15)14(18)17-10-13-5-9-19-12(13)2/h12-13,16H,3-11H2,1-2H3,(H,17,18). The van der Waals surface area contributed by atoms with Crippen molar-refractivity contribution in [2.24, 2.45) is 11.3 Å². The monoisotopic (exact) mass is 268 g/mol. The Kier molecular flexibility index (Phi) is 5.22. The first-order valence-electron chi connectivity index (χ1n) is 7.78. The molecule has 110 valence electrons. The fraction of sp³-hybridized carbons (Fsp3) is 0.933. The van der Waals surface area contributed by atoms with Crippen LogP contribution in [-0.4, -0.2) is 38.3 Å². The molecule has 4 nitrogen and oxygen atoms in total. The predicted molar refractivity (Wildman–Crippen MR) is 76.0 cm³/mol. The number of ether oxygens (including phenoxy) is 1. The Labute approximate surface area is 116 Å². The van der Waals surface area contributed by atoms with Gasteiger partial charge in [0.15, 0.2) is 0 Å². The maximum absolute atomic E-state index is 12.6. The quantitative estimate of drug-likeness (QED) is 0.798. The summed E-state index contributed by atoms with van der Waals surface area (Å²) in [6.07, 6.45) is 5.54. The zero-order valence-corrected chi connectivity index (χ0v) is 12.3. The van der Waals surface area contributed by atoms with Gasteiger partial charge in [-0.25, -0.2) is 0 Å². The number of amides is 1. The number of rotatable bonds is 5. The Bertz CT molecular complexity index is 295. The molecular weight excluding hydrogens is 240 g/mol. The molecule has 2 rings (SSSR count). The van der Waals surface area contributed by atoms with Crippen molar-refractivity contribution in [3.05, 3.63) is 0 Å². The van der Waals surface area contributed by atoms with Gasteiger partial charge in [0.25, 0.3) is 0 Å². The van der Waals surface area contributed by atoms with E-state index in [2.05, 4.69) is 24.5 Å². The lowest BCUT2D eigenvalue weighted by Crippen LogP contribution is -2.51. The molecule has 0 radical (unpaired) electrons. The summed E-state index contributed by atoms with van der Waals surface area (Å²) in [6.45, 7) is 7.76. The SMILES string of the molecule is CCCC1(C(=O)NCC2CCOC2C)CCCNC1. The first-order chi connectivity index (χ1) is 9.18. The van der Waals surface area contributed by atoms with Gasteiger partial charge in [-0.2, -0.15) is 0 Å². The molecule has 0 aromatic carbocycles. The Morgan fingerprint density at radius 2 is 2.37 bits per heavy atom. The minimum atomic E-state index is -0.171. The van der Waals surface area contributed by atoms with Crippen molar-refractivity contribution in [3.8, 4) is 0 Å². The van der Waals surface area contributed by atoms with E-state index in [1.807, 2.05) is 0 Å². The molecule has 19 heavy (non-hydrogen) atoms. The number of nitrogens with one attached hydrogen (secondary N) is 2. The fourth-order valence-electron chi connectivity index (χ4n) is 3.42. The molecule has 2 fully saturated rings. The number of hydrogen-bond donors (Lipinski definition) is 2. The van der Waals surface area contributed by atoms with Crippen LogP contribution in [0.4, 0.5) is 0 Å². The first-order valence-corrected chi connectivity index (χ1v) is 7.78. The number of hydrogen-bond acceptors (Lipinski definition) is 3. The van der Waals surface area contributed by atoms with Crippen LogP contribution in [0, 0.1) is 11.3 Å². The van der Waals surface area contributed by atoms with Crippen LogP contribution in [0.5, 0.6) is 0 Å². The van der Waals surface area contributed by atoms with Gasteiger partial charge in [-0.05, 0) is 39.2 Å². The fourth-order valence-corrected chi connectivity index (χ4v) is 3.42. The number of carbonyl (C=O) groups is 1. The highest BCUT2D eigenvalue weighted by Crippen LogP contribution is 2.32. The van der Waals surface area contributed by atoms with Crippen molar-refractivity contribution in [2.45, 2.75) is 52.1 Å². The second kappa shape index (κ2) is 6.71. The van der Waals surface area contributed by atoms with Crippen molar-refractivity contribution in [1.82, 2.24) is 10.6 Å². The Hall–Kier alpha value is -0.610. The van der Waals surface area contributed by atoms with E-state index in [1.54, 1.807) is 0 Å². The predicted octanol–water partition coefficient (Wildman–Crippen LogP) is 1.70. The molecule has 3 atom stereocenters. The van der Waals surface area contributed by atoms with Crippen LogP contribution in [0.3, 0.4) is 0 Å². The third-order valence-electron chi connectivity index (χ3n) is 4.74. The van der Waals surface area contributed by atoms with Crippen molar-refractivity contribution in [1.29, 1.82) is 0 Å². The average Bonchev–Trinajstić information content (AvgIpc) is 2.83. The highest BCUT2D eigenvalue weighted by molar-refractivity contribution is 5.83. The van der Waals surface area contributed by atoms with Crippen LogP contribution in [0.25, 0.3) is 0 Å². The molecule has 0 bridgehead atoms. The average molecular weight is 268 g/mol. The Morgan fingerprint density at radius 3 is 2.95 bits per heavy atom. The van der Waals surface area contributed by atoms with Crippen molar-refractivity contribution >= 4 is 5.91 Å². The first kappa shape index (κ1) is 14.8. The van der Waals surface area contributed by atoms with Gasteiger partial charge in [0.2, 0.25) is 5.91 Å². The summed E-state index contributed by atoms with van der Waals surface area (Å²) in [5, 5.41) is 6.58. The lowest BCUT2D eigenvalue weighted by Gasteiger charge is -2.36. The Balaban J connectivity index is 1.88. The number of piperidine rings is 1. The van der Waals surface area contributed by atoms with E-state index in [-0.39, 0.29) is 17.4 Å². The molecular formula is C15H28N2O2. The van der Waals surface area contributed by atoms with Gasteiger partial charge in [0.1, 0.15) is 0 Å². The van der Waals surface area contributed by atoms with E-state index in [1.165, 1.54) is 0 Å². The van der Waals surface area contributed by atoms with Crippen LogP contribution in [-0.2, 0) is 9.53 Å². The van der Waals surface area contributed by atoms with Gasteiger partial charge in [-0.15, -0.1) is 0 Å². The molecule has 3 unspecified atom stereocenters.